The van der Waals surface area contributed by atoms with Crippen molar-refractivity contribution in [1.29, 1.82) is 0 Å². The summed E-state index contributed by atoms with van der Waals surface area (Å²) in [4.78, 5) is 10.2. The van der Waals surface area contributed by atoms with Crippen LogP contribution in [0.25, 0.3) is 0 Å². The second-order valence-corrected chi connectivity index (χ2v) is 2.00. The number of carbonyl (C=O) groups is 1. The molecule has 0 aromatic rings. The molecule has 58 valence electrons. The number of aliphatic hydroxyl groups is 1. The van der Waals surface area contributed by atoms with E-state index in [1.165, 1.54) is 12.2 Å². The Labute approximate surface area is 62.4 Å². The van der Waals surface area contributed by atoms with Crippen molar-refractivity contribution in [2.24, 2.45) is 0 Å². The van der Waals surface area contributed by atoms with Crippen LogP contribution in [0.5, 0.6) is 0 Å². The first kappa shape index (κ1) is 7.40. The minimum atomic E-state index is -1.11. The van der Waals surface area contributed by atoms with Crippen LogP contribution < -0.4 is 5.11 Å². The summed E-state index contributed by atoms with van der Waals surface area (Å²) in [6, 6.07) is 0. The quantitative estimate of drug-likeness (QED) is 0.506. The van der Waals surface area contributed by atoms with Gasteiger partial charge < -0.3 is 15.3 Å². The van der Waals surface area contributed by atoms with E-state index >= 15 is 0 Å². The van der Waals surface area contributed by atoms with Crippen molar-refractivity contribution in [3.8, 4) is 0 Å². The Hall–Kier alpha value is -1.71. The highest BCUT2D eigenvalue weighted by molar-refractivity contribution is 5.92. The molecule has 0 spiro atoms. The highest BCUT2D eigenvalue weighted by Crippen LogP contribution is 2.15. The van der Waals surface area contributed by atoms with Gasteiger partial charge in [-0.15, -0.1) is 0 Å². The first-order valence-corrected chi connectivity index (χ1v) is 2.84. The minimum absolute atomic E-state index is 0.00222. The number of rotatable bonds is 1. The molecular formula is C7H5O4-. The van der Waals surface area contributed by atoms with Gasteiger partial charge >= 0.3 is 5.97 Å². The van der Waals surface area contributed by atoms with Crippen molar-refractivity contribution >= 4 is 5.97 Å². The maximum absolute atomic E-state index is 10.2. The first-order chi connectivity index (χ1) is 5.11. The Balaban J connectivity index is 2.97. The van der Waals surface area contributed by atoms with E-state index in [2.05, 4.69) is 0 Å². The summed E-state index contributed by atoms with van der Waals surface area (Å²) in [6.07, 6.45) is 3.63. The van der Waals surface area contributed by atoms with Crippen molar-refractivity contribution in [2.45, 2.75) is 0 Å². The van der Waals surface area contributed by atoms with Gasteiger partial charge in [-0.25, -0.2) is 4.79 Å². The van der Waals surface area contributed by atoms with Gasteiger partial charge in [-0.2, -0.15) is 0 Å². The van der Waals surface area contributed by atoms with E-state index in [9.17, 15) is 9.90 Å². The van der Waals surface area contributed by atoms with Crippen LogP contribution in [-0.2, 0) is 4.79 Å². The van der Waals surface area contributed by atoms with Crippen LogP contribution >= 0.6 is 0 Å². The number of hydrogen-bond acceptors (Lipinski definition) is 3. The third-order valence-electron chi connectivity index (χ3n) is 1.25. The van der Waals surface area contributed by atoms with Gasteiger partial charge in [-0.05, 0) is 17.7 Å². The SMILES string of the molecule is O=C(O)C1=C/C(=C(/[O-])O)C=C1. The normalized spacial score (nSPS) is 19.8. The second kappa shape index (κ2) is 2.49. The smallest absolute Gasteiger partial charge is 0.335 e. The number of aliphatic carboxylic acids is 1. The minimum Gasteiger partial charge on any atom is -0.629 e. The monoisotopic (exact) mass is 153 g/mol. The molecule has 1 rings (SSSR count). The van der Waals surface area contributed by atoms with Gasteiger partial charge in [0, 0.05) is 0 Å². The lowest BCUT2D eigenvalue weighted by molar-refractivity contribution is -0.349. The maximum Gasteiger partial charge on any atom is 0.335 e. The molecule has 0 aliphatic heterocycles. The van der Waals surface area contributed by atoms with Crippen LogP contribution in [0, 0.1) is 0 Å². The molecule has 0 aromatic heterocycles. The van der Waals surface area contributed by atoms with Gasteiger partial charge in [0.1, 0.15) is 0 Å². The van der Waals surface area contributed by atoms with Crippen LogP contribution in [0.15, 0.2) is 35.3 Å². The number of hydrogen-bond donors (Lipinski definition) is 2. The summed E-state index contributed by atoms with van der Waals surface area (Å²) < 4.78 is 0. The van der Waals surface area contributed by atoms with E-state index < -0.39 is 11.9 Å². The summed E-state index contributed by atoms with van der Waals surface area (Å²) in [7, 11) is 0. The molecular weight excluding hydrogens is 148 g/mol. The van der Waals surface area contributed by atoms with Crippen LogP contribution in [0.1, 0.15) is 0 Å². The van der Waals surface area contributed by atoms with Crippen molar-refractivity contribution in [1.82, 2.24) is 0 Å². The predicted molar refractivity (Wildman–Crippen MR) is 34.5 cm³/mol. The number of allylic oxidation sites excluding steroid dienone is 3. The fourth-order valence-electron chi connectivity index (χ4n) is 0.709. The Bertz CT molecular complexity index is 279. The Morgan fingerprint density at radius 2 is 2.00 bits per heavy atom. The first-order valence-electron chi connectivity index (χ1n) is 2.84. The molecule has 2 N–H and O–H groups in total. The molecule has 0 unspecified atom stereocenters. The Morgan fingerprint density at radius 3 is 2.27 bits per heavy atom. The zero-order valence-corrected chi connectivity index (χ0v) is 5.44. The van der Waals surface area contributed by atoms with Crippen molar-refractivity contribution < 1.29 is 20.1 Å². The van der Waals surface area contributed by atoms with E-state index in [0.717, 1.165) is 6.08 Å². The summed E-state index contributed by atoms with van der Waals surface area (Å²) in [6.45, 7) is 0. The lowest BCUT2D eigenvalue weighted by atomic mass is 10.3. The predicted octanol–water partition coefficient (Wildman–Crippen LogP) is -0.303. The number of aliphatic hydroxyl groups excluding tert-OH is 1. The van der Waals surface area contributed by atoms with Gasteiger partial charge in [0.25, 0.3) is 0 Å². The zero-order chi connectivity index (χ0) is 8.43. The van der Waals surface area contributed by atoms with Gasteiger partial charge in [0.05, 0.1) is 11.5 Å². The molecule has 0 saturated heterocycles. The molecule has 0 amide bonds. The topological polar surface area (TPSA) is 80.6 Å². The molecule has 0 bridgehead atoms. The fraction of sp³-hybridized carbons (Fsp3) is 0. The molecule has 1 aliphatic carbocycles. The third kappa shape index (κ3) is 1.40. The average Bonchev–Trinajstić information content (AvgIpc) is 2.33. The second-order valence-electron chi connectivity index (χ2n) is 2.00. The highest BCUT2D eigenvalue weighted by Gasteiger charge is 2.08. The molecule has 0 radical (unpaired) electrons. The molecule has 1 aliphatic rings. The van der Waals surface area contributed by atoms with Crippen molar-refractivity contribution in [3.05, 3.63) is 35.3 Å². The molecule has 0 aromatic carbocycles. The van der Waals surface area contributed by atoms with E-state index in [4.69, 9.17) is 10.2 Å². The molecule has 4 nitrogen and oxygen atoms in total. The Morgan fingerprint density at radius 1 is 1.36 bits per heavy atom. The van der Waals surface area contributed by atoms with Crippen LogP contribution in [0.4, 0.5) is 0 Å². The summed E-state index contributed by atoms with van der Waals surface area (Å²) >= 11 is 0. The maximum atomic E-state index is 10.2. The molecule has 0 heterocycles. The molecule has 0 fully saturated rings. The number of carboxylic acid groups (broad SMARTS) is 1. The van der Waals surface area contributed by atoms with E-state index in [1.807, 2.05) is 0 Å². The van der Waals surface area contributed by atoms with Crippen LogP contribution in [0.2, 0.25) is 0 Å². The van der Waals surface area contributed by atoms with Crippen molar-refractivity contribution in [2.75, 3.05) is 0 Å². The largest absolute Gasteiger partial charge is 0.629 e. The Kier molecular flexibility index (Phi) is 1.68. The highest BCUT2D eigenvalue weighted by atomic mass is 16.5. The van der Waals surface area contributed by atoms with Gasteiger partial charge in [0.2, 0.25) is 0 Å². The molecule has 4 heteroatoms. The van der Waals surface area contributed by atoms with Crippen LogP contribution in [0.3, 0.4) is 0 Å². The third-order valence-corrected chi connectivity index (χ3v) is 1.25. The van der Waals surface area contributed by atoms with Gasteiger partial charge in [0.15, 0.2) is 0 Å². The number of carboxylic acids is 1. The summed E-state index contributed by atoms with van der Waals surface area (Å²) in [5, 5.41) is 27.0. The van der Waals surface area contributed by atoms with E-state index in [-0.39, 0.29) is 11.1 Å². The standard InChI is InChI=1S/C7H6O4/c8-6(9)4-1-2-5(3-4)7(10)11/h1-3,8-9H,(H,10,11)/p-1. The lowest BCUT2D eigenvalue weighted by Gasteiger charge is -1.98. The summed E-state index contributed by atoms with van der Waals surface area (Å²) in [5.74, 6) is -2.23. The summed E-state index contributed by atoms with van der Waals surface area (Å²) in [5.41, 5.74) is 0.00444. The van der Waals surface area contributed by atoms with E-state index in [0.29, 0.717) is 0 Å². The molecule has 11 heavy (non-hydrogen) atoms. The lowest BCUT2D eigenvalue weighted by Crippen LogP contribution is -2.03. The van der Waals surface area contributed by atoms with Crippen molar-refractivity contribution in [3.63, 3.8) is 0 Å². The van der Waals surface area contributed by atoms with Crippen LogP contribution in [-0.4, -0.2) is 16.2 Å². The zero-order valence-electron chi connectivity index (χ0n) is 5.44. The fourth-order valence-corrected chi connectivity index (χ4v) is 0.709. The van der Waals surface area contributed by atoms with Gasteiger partial charge in [-0.3, -0.25) is 0 Å². The van der Waals surface area contributed by atoms with E-state index in [1.54, 1.807) is 0 Å². The van der Waals surface area contributed by atoms with Gasteiger partial charge in [-0.1, -0.05) is 6.08 Å². The molecule has 0 saturated carbocycles. The molecule has 0 atom stereocenters. The average molecular weight is 153 g/mol.